The van der Waals surface area contributed by atoms with Crippen molar-refractivity contribution in [1.82, 2.24) is 10.3 Å². The normalized spacial score (nSPS) is 12.0. The topological polar surface area (TPSA) is 48.1 Å². The Balaban J connectivity index is 1.67. The maximum absolute atomic E-state index is 13.7. The average Bonchev–Trinajstić information content (AvgIpc) is 3.20. The van der Waals surface area contributed by atoms with Gasteiger partial charge in [-0.05, 0) is 41.5 Å². The van der Waals surface area contributed by atoms with E-state index in [1.165, 1.54) is 0 Å². The first kappa shape index (κ1) is 21.8. The number of anilines is 1. The van der Waals surface area contributed by atoms with Crippen LogP contribution < -0.4 is 10.2 Å². The summed E-state index contributed by atoms with van der Waals surface area (Å²) >= 11 is 5.98. The molecule has 0 spiro atoms. The SMILES string of the molecule is CN(C)c1ccc([C@H](CNC(=O)c2cc(F)c(F)cc2Cl)c2c[nH]c3ccccc23)cc1. The molecule has 1 amide bonds. The molecule has 0 aliphatic heterocycles. The van der Waals surface area contributed by atoms with Gasteiger partial charge in [-0.1, -0.05) is 41.9 Å². The molecule has 0 aliphatic rings. The maximum atomic E-state index is 13.7. The first-order valence-corrected chi connectivity index (χ1v) is 10.5. The van der Waals surface area contributed by atoms with E-state index in [-0.39, 0.29) is 23.0 Å². The number of rotatable bonds is 6. The van der Waals surface area contributed by atoms with Crippen LogP contribution in [0.4, 0.5) is 14.5 Å². The number of halogens is 3. The Hall–Kier alpha value is -3.38. The van der Waals surface area contributed by atoms with Crippen molar-refractivity contribution < 1.29 is 13.6 Å². The Morgan fingerprint density at radius 1 is 1.06 bits per heavy atom. The zero-order chi connectivity index (χ0) is 22.8. The summed E-state index contributed by atoms with van der Waals surface area (Å²) in [6.45, 7) is 0.247. The highest BCUT2D eigenvalue weighted by Crippen LogP contribution is 2.31. The molecule has 32 heavy (non-hydrogen) atoms. The van der Waals surface area contributed by atoms with Gasteiger partial charge in [-0.15, -0.1) is 0 Å². The summed E-state index contributed by atoms with van der Waals surface area (Å²) in [5.41, 5.74) is 3.98. The van der Waals surface area contributed by atoms with Gasteiger partial charge >= 0.3 is 0 Å². The first-order chi connectivity index (χ1) is 15.3. The largest absolute Gasteiger partial charge is 0.378 e. The number of aromatic amines is 1. The van der Waals surface area contributed by atoms with Gasteiger partial charge in [-0.3, -0.25) is 4.79 Å². The number of fused-ring (bicyclic) bond motifs is 1. The second-order valence-corrected chi connectivity index (χ2v) is 8.19. The number of nitrogens with one attached hydrogen (secondary N) is 2. The molecule has 4 nitrogen and oxygen atoms in total. The minimum atomic E-state index is -1.12. The van der Waals surface area contributed by atoms with Crippen molar-refractivity contribution in [1.29, 1.82) is 0 Å². The number of para-hydroxylation sites is 1. The minimum absolute atomic E-state index is 0.105. The van der Waals surface area contributed by atoms with Crippen molar-refractivity contribution in [2.24, 2.45) is 0 Å². The lowest BCUT2D eigenvalue weighted by atomic mass is 9.90. The molecule has 4 rings (SSSR count). The number of benzene rings is 3. The summed E-state index contributed by atoms with van der Waals surface area (Å²) in [6, 6.07) is 17.7. The number of nitrogens with zero attached hydrogens (tertiary/aromatic N) is 1. The van der Waals surface area contributed by atoms with Crippen LogP contribution in [0, 0.1) is 11.6 Å². The molecule has 1 atom stereocenters. The monoisotopic (exact) mass is 453 g/mol. The van der Waals surface area contributed by atoms with Crippen LogP contribution in [-0.2, 0) is 0 Å². The lowest BCUT2D eigenvalue weighted by Gasteiger charge is -2.20. The Bertz CT molecular complexity index is 1270. The quantitative estimate of drug-likeness (QED) is 0.366. The second-order valence-electron chi connectivity index (χ2n) is 7.78. The van der Waals surface area contributed by atoms with Crippen LogP contribution in [0.2, 0.25) is 5.02 Å². The highest BCUT2D eigenvalue weighted by molar-refractivity contribution is 6.33. The lowest BCUT2D eigenvalue weighted by molar-refractivity contribution is 0.0952. The Labute approximate surface area is 189 Å². The maximum Gasteiger partial charge on any atom is 0.252 e. The minimum Gasteiger partial charge on any atom is -0.378 e. The summed E-state index contributed by atoms with van der Waals surface area (Å²) in [5, 5.41) is 3.75. The van der Waals surface area contributed by atoms with Crippen LogP contribution in [0.1, 0.15) is 27.4 Å². The second kappa shape index (κ2) is 9.01. The third-order valence-electron chi connectivity index (χ3n) is 5.53. The Morgan fingerprint density at radius 2 is 1.75 bits per heavy atom. The van der Waals surface area contributed by atoms with Gasteiger partial charge in [0.1, 0.15) is 0 Å². The highest BCUT2D eigenvalue weighted by atomic mass is 35.5. The van der Waals surface area contributed by atoms with Crippen LogP contribution in [-0.4, -0.2) is 31.5 Å². The molecule has 0 unspecified atom stereocenters. The van der Waals surface area contributed by atoms with Gasteiger partial charge < -0.3 is 15.2 Å². The molecule has 2 N–H and O–H groups in total. The van der Waals surface area contributed by atoms with Gasteiger partial charge in [0.15, 0.2) is 11.6 Å². The molecule has 0 saturated heterocycles. The molecule has 1 heterocycles. The van der Waals surface area contributed by atoms with Gasteiger partial charge in [0.25, 0.3) is 5.91 Å². The van der Waals surface area contributed by atoms with Gasteiger partial charge in [0.05, 0.1) is 10.6 Å². The van der Waals surface area contributed by atoms with Crippen molar-refractivity contribution in [2.75, 3.05) is 25.5 Å². The number of carbonyl (C=O) groups is 1. The fourth-order valence-electron chi connectivity index (χ4n) is 3.78. The zero-order valence-electron chi connectivity index (χ0n) is 17.6. The van der Waals surface area contributed by atoms with E-state index in [0.29, 0.717) is 0 Å². The predicted molar refractivity (Wildman–Crippen MR) is 125 cm³/mol. The van der Waals surface area contributed by atoms with Crippen molar-refractivity contribution in [3.05, 3.63) is 100 Å². The lowest BCUT2D eigenvalue weighted by Crippen LogP contribution is -2.29. The highest BCUT2D eigenvalue weighted by Gasteiger charge is 2.21. The third-order valence-corrected chi connectivity index (χ3v) is 5.84. The molecule has 0 radical (unpaired) electrons. The van der Waals surface area contributed by atoms with E-state index in [2.05, 4.69) is 10.3 Å². The van der Waals surface area contributed by atoms with E-state index in [0.717, 1.165) is 39.8 Å². The number of H-pyrrole nitrogens is 1. The Morgan fingerprint density at radius 3 is 2.47 bits per heavy atom. The Kier molecular flexibility index (Phi) is 6.15. The standard InChI is InChI=1S/C25H22ClF2N3O/c1-31(2)16-9-7-15(8-10-16)19(20-14-29-24-6-4-3-5-17(20)24)13-30-25(32)18-11-22(27)23(28)12-21(18)26/h3-12,14,19,29H,13H2,1-2H3,(H,30,32)/t19-/m0/s1. The zero-order valence-corrected chi connectivity index (χ0v) is 18.4. The molecular weight excluding hydrogens is 432 g/mol. The molecular formula is C25H22ClF2N3O. The van der Waals surface area contributed by atoms with Crippen molar-refractivity contribution >= 4 is 34.1 Å². The fraction of sp³-hybridized carbons (Fsp3) is 0.160. The number of aromatic nitrogens is 1. The molecule has 0 saturated carbocycles. The van der Waals surface area contributed by atoms with Crippen molar-refractivity contribution in [3.8, 4) is 0 Å². The van der Waals surface area contributed by atoms with E-state index in [1.54, 1.807) is 0 Å². The van der Waals surface area contributed by atoms with Crippen LogP contribution in [0.3, 0.4) is 0 Å². The van der Waals surface area contributed by atoms with Crippen LogP contribution in [0.5, 0.6) is 0 Å². The van der Waals surface area contributed by atoms with Gasteiger partial charge in [0, 0.05) is 49.3 Å². The number of carbonyl (C=O) groups excluding carboxylic acids is 1. The summed E-state index contributed by atoms with van der Waals surface area (Å²) < 4.78 is 27.0. The summed E-state index contributed by atoms with van der Waals surface area (Å²) in [6.07, 6.45) is 1.94. The summed E-state index contributed by atoms with van der Waals surface area (Å²) in [5.74, 6) is -2.95. The number of hydrogen-bond donors (Lipinski definition) is 2. The van der Waals surface area contributed by atoms with Crippen molar-refractivity contribution in [2.45, 2.75) is 5.92 Å². The van der Waals surface area contributed by atoms with E-state index >= 15 is 0 Å². The van der Waals surface area contributed by atoms with Crippen LogP contribution >= 0.6 is 11.6 Å². The van der Waals surface area contributed by atoms with Gasteiger partial charge in [-0.25, -0.2) is 8.78 Å². The molecule has 3 aromatic carbocycles. The number of amides is 1. The average molecular weight is 454 g/mol. The van der Waals surface area contributed by atoms with Crippen LogP contribution in [0.25, 0.3) is 10.9 Å². The van der Waals surface area contributed by atoms with E-state index < -0.39 is 17.5 Å². The summed E-state index contributed by atoms with van der Waals surface area (Å²) in [4.78, 5) is 18.0. The molecule has 0 fully saturated rings. The van der Waals surface area contributed by atoms with Crippen LogP contribution in [0.15, 0.2) is 66.9 Å². The molecule has 4 aromatic rings. The molecule has 7 heteroatoms. The van der Waals surface area contributed by atoms with Gasteiger partial charge in [-0.2, -0.15) is 0 Å². The molecule has 0 aliphatic carbocycles. The fourth-order valence-corrected chi connectivity index (χ4v) is 4.02. The number of hydrogen-bond acceptors (Lipinski definition) is 2. The molecule has 1 aromatic heterocycles. The first-order valence-electron chi connectivity index (χ1n) is 10.1. The van der Waals surface area contributed by atoms with E-state index in [4.69, 9.17) is 11.6 Å². The predicted octanol–water partition coefficient (Wildman–Crippen LogP) is 5.73. The smallest absolute Gasteiger partial charge is 0.252 e. The molecule has 0 bridgehead atoms. The van der Waals surface area contributed by atoms with E-state index in [9.17, 15) is 13.6 Å². The van der Waals surface area contributed by atoms with Crippen molar-refractivity contribution in [3.63, 3.8) is 0 Å². The third kappa shape index (κ3) is 4.32. The summed E-state index contributed by atoms with van der Waals surface area (Å²) in [7, 11) is 3.94. The van der Waals surface area contributed by atoms with Gasteiger partial charge in [0.2, 0.25) is 0 Å². The molecule has 164 valence electrons. The van der Waals surface area contributed by atoms with E-state index in [1.807, 2.05) is 73.7 Å².